The molecule has 0 saturated heterocycles. The van der Waals surface area contributed by atoms with Crippen LogP contribution in [0, 0.1) is 11.3 Å². The van der Waals surface area contributed by atoms with Crippen LogP contribution in [-0.4, -0.2) is 27.2 Å². The smallest absolute Gasteiger partial charge is 0.132 e. The van der Waals surface area contributed by atoms with Gasteiger partial charge in [-0.05, 0) is 19.1 Å². The second-order valence-corrected chi connectivity index (χ2v) is 5.33. The summed E-state index contributed by atoms with van der Waals surface area (Å²) in [5.74, 6) is 1.05. The maximum atomic E-state index is 11.0. The van der Waals surface area contributed by atoms with E-state index in [0.29, 0.717) is 17.1 Å². The Labute approximate surface area is 102 Å². The van der Waals surface area contributed by atoms with Crippen LogP contribution in [0.2, 0.25) is 5.15 Å². The van der Waals surface area contributed by atoms with Crippen LogP contribution in [0.4, 0.5) is 5.82 Å². The first-order valence-corrected chi connectivity index (χ1v) is 6.76. The summed E-state index contributed by atoms with van der Waals surface area (Å²) in [7, 11) is -0.870. The van der Waals surface area contributed by atoms with Gasteiger partial charge in [0.15, 0.2) is 0 Å². The van der Waals surface area contributed by atoms with Crippen molar-refractivity contribution < 1.29 is 4.21 Å². The lowest BCUT2D eigenvalue weighted by Gasteiger charge is -2.13. The highest BCUT2D eigenvalue weighted by Gasteiger charge is 2.06. The van der Waals surface area contributed by atoms with Gasteiger partial charge in [0.05, 0.1) is 11.6 Å². The van der Waals surface area contributed by atoms with Crippen molar-refractivity contribution in [1.82, 2.24) is 4.98 Å². The lowest BCUT2D eigenvalue weighted by atomic mass is 10.3. The fraction of sp³-hybridized carbons (Fsp3) is 0.400. The molecular formula is C10H12ClN3OS. The van der Waals surface area contributed by atoms with Gasteiger partial charge in [-0.15, -0.1) is 0 Å². The Balaban J connectivity index is 2.77. The van der Waals surface area contributed by atoms with E-state index in [0.717, 1.165) is 0 Å². The molecule has 1 aromatic heterocycles. The Hall–Kier alpha value is -1.12. The number of rotatable bonds is 4. The maximum Gasteiger partial charge on any atom is 0.132 e. The fourth-order valence-electron chi connectivity index (χ4n) is 1.28. The molecule has 1 rings (SSSR count). The van der Waals surface area contributed by atoms with E-state index in [4.69, 9.17) is 16.9 Å². The Bertz CT molecular complexity index is 444. The lowest BCUT2D eigenvalue weighted by Crippen LogP contribution is -2.22. The number of pyridine rings is 1. The molecule has 0 radical (unpaired) electrons. The highest BCUT2D eigenvalue weighted by molar-refractivity contribution is 7.84. The Morgan fingerprint density at radius 3 is 2.94 bits per heavy atom. The third kappa shape index (κ3) is 4.17. The molecule has 0 spiro atoms. The molecule has 2 unspecified atom stereocenters. The van der Waals surface area contributed by atoms with E-state index < -0.39 is 10.8 Å². The van der Waals surface area contributed by atoms with Crippen LogP contribution >= 0.6 is 11.6 Å². The van der Waals surface area contributed by atoms with Crippen molar-refractivity contribution in [1.29, 1.82) is 5.26 Å². The average molecular weight is 258 g/mol. The molecule has 6 heteroatoms. The highest BCUT2D eigenvalue weighted by atomic mass is 35.5. The molecule has 0 aliphatic heterocycles. The topological polar surface area (TPSA) is 65.8 Å². The van der Waals surface area contributed by atoms with Gasteiger partial charge in [-0.3, -0.25) is 4.21 Å². The predicted molar refractivity (Wildman–Crippen MR) is 66.0 cm³/mol. The van der Waals surface area contributed by atoms with Crippen LogP contribution in [0.25, 0.3) is 0 Å². The summed E-state index contributed by atoms with van der Waals surface area (Å²) in [4.78, 5) is 4.03. The zero-order valence-corrected chi connectivity index (χ0v) is 10.6. The molecule has 2 atom stereocenters. The number of nitriles is 1. The van der Waals surface area contributed by atoms with Crippen LogP contribution in [-0.2, 0) is 10.8 Å². The van der Waals surface area contributed by atoms with Crippen molar-refractivity contribution in [2.24, 2.45) is 0 Å². The summed E-state index contributed by atoms with van der Waals surface area (Å²) < 4.78 is 11.0. The summed E-state index contributed by atoms with van der Waals surface area (Å²) in [6.07, 6.45) is 1.64. The van der Waals surface area contributed by atoms with Gasteiger partial charge in [0.2, 0.25) is 0 Å². The number of anilines is 1. The molecule has 86 valence electrons. The van der Waals surface area contributed by atoms with Gasteiger partial charge in [0.25, 0.3) is 0 Å². The Morgan fingerprint density at radius 2 is 2.38 bits per heavy atom. The molecule has 0 fully saturated rings. The summed E-state index contributed by atoms with van der Waals surface area (Å²) in [5.41, 5.74) is 0.451. The SMILES string of the molecule is CC(CS(C)=O)Nc1cc(C#N)cc(Cl)n1. The number of halogens is 1. The minimum atomic E-state index is -0.870. The molecule has 0 saturated carbocycles. The lowest BCUT2D eigenvalue weighted by molar-refractivity contribution is 0.683. The minimum Gasteiger partial charge on any atom is -0.367 e. The molecule has 0 aliphatic rings. The minimum absolute atomic E-state index is 0.0170. The second kappa shape index (κ2) is 5.83. The van der Waals surface area contributed by atoms with Gasteiger partial charge in [-0.2, -0.15) is 5.26 Å². The van der Waals surface area contributed by atoms with E-state index in [2.05, 4.69) is 10.3 Å². The molecule has 0 aliphatic carbocycles. The first kappa shape index (κ1) is 12.9. The maximum absolute atomic E-state index is 11.0. The summed E-state index contributed by atoms with van der Waals surface area (Å²) in [5, 5.41) is 12.1. The van der Waals surface area contributed by atoms with Gasteiger partial charge in [0.1, 0.15) is 11.0 Å². The Kier molecular flexibility index (Phi) is 4.71. The number of aromatic nitrogens is 1. The number of nitrogens with zero attached hydrogens (tertiary/aromatic N) is 2. The molecule has 1 aromatic rings. The molecular weight excluding hydrogens is 246 g/mol. The quantitative estimate of drug-likeness (QED) is 0.835. The molecule has 0 aromatic carbocycles. The third-order valence-electron chi connectivity index (χ3n) is 1.80. The van der Waals surface area contributed by atoms with Crippen molar-refractivity contribution in [2.75, 3.05) is 17.3 Å². The van der Waals surface area contributed by atoms with Gasteiger partial charge >= 0.3 is 0 Å². The van der Waals surface area contributed by atoms with Gasteiger partial charge in [-0.25, -0.2) is 4.98 Å². The zero-order valence-electron chi connectivity index (χ0n) is 9.03. The van der Waals surface area contributed by atoms with E-state index in [1.54, 1.807) is 12.3 Å². The standard InChI is InChI=1S/C10H12ClN3OS/c1-7(6-16(2)15)13-10-4-8(5-12)3-9(11)14-10/h3-4,7H,6H2,1-2H3,(H,13,14). The van der Waals surface area contributed by atoms with Gasteiger partial charge < -0.3 is 5.32 Å². The molecule has 0 amide bonds. The van der Waals surface area contributed by atoms with Crippen LogP contribution in [0.1, 0.15) is 12.5 Å². The monoisotopic (exact) mass is 257 g/mol. The molecule has 16 heavy (non-hydrogen) atoms. The predicted octanol–water partition coefficient (Wildman–Crippen LogP) is 1.79. The van der Waals surface area contributed by atoms with Crippen molar-refractivity contribution in [3.05, 3.63) is 22.8 Å². The normalized spacial score (nSPS) is 13.9. The largest absolute Gasteiger partial charge is 0.367 e. The van der Waals surface area contributed by atoms with Gasteiger partial charge in [0, 0.05) is 28.9 Å². The van der Waals surface area contributed by atoms with E-state index in [-0.39, 0.29) is 11.2 Å². The van der Waals surface area contributed by atoms with Crippen molar-refractivity contribution in [2.45, 2.75) is 13.0 Å². The summed E-state index contributed by atoms with van der Waals surface area (Å²) in [6.45, 7) is 1.90. The van der Waals surface area contributed by atoms with Crippen LogP contribution in [0.5, 0.6) is 0 Å². The number of nitrogens with one attached hydrogen (secondary N) is 1. The third-order valence-corrected chi connectivity index (χ3v) is 2.97. The van der Waals surface area contributed by atoms with E-state index in [9.17, 15) is 4.21 Å². The number of hydrogen-bond donors (Lipinski definition) is 1. The van der Waals surface area contributed by atoms with Gasteiger partial charge in [-0.1, -0.05) is 11.6 Å². The van der Waals surface area contributed by atoms with E-state index in [1.165, 1.54) is 6.07 Å². The molecule has 4 nitrogen and oxygen atoms in total. The first-order valence-electron chi connectivity index (χ1n) is 4.65. The van der Waals surface area contributed by atoms with Crippen LogP contribution in [0.3, 0.4) is 0 Å². The number of hydrogen-bond acceptors (Lipinski definition) is 4. The summed E-state index contributed by atoms with van der Waals surface area (Å²) >= 11 is 5.76. The first-order chi connectivity index (χ1) is 7.51. The fourth-order valence-corrected chi connectivity index (χ4v) is 2.28. The van der Waals surface area contributed by atoms with Crippen LogP contribution in [0.15, 0.2) is 12.1 Å². The van der Waals surface area contributed by atoms with E-state index in [1.807, 2.05) is 13.0 Å². The Morgan fingerprint density at radius 1 is 1.69 bits per heavy atom. The molecule has 0 bridgehead atoms. The van der Waals surface area contributed by atoms with Crippen molar-refractivity contribution in [3.8, 4) is 6.07 Å². The molecule has 1 heterocycles. The van der Waals surface area contributed by atoms with Crippen molar-refractivity contribution >= 4 is 28.2 Å². The second-order valence-electron chi connectivity index (χ2n) is 3.46. The summed E-state index contributed by atoms with van der Waals surface area (Å²) in [6, 6.07) is 5.12. The van der Waals surface area contributed by atoms with Crippen LogP contribution < -0.4 is 5.32 Å². The highest BCUT2D eigenvalue weighted by Crippen LogP contribution is 2.14. The molecule has 1 N–H and O–H groups in total. The zero-order chi connectivity index (χ0) is 12.1. The van der Waals surface area contributed by atoms with E-state index >= 15 is 0 Å². The van der Waals surface area contributed by atoms with Crippen molar-refractivity contribution in [3.63, 3.8) is 0 Å². The average Bonchev–Trinajstić information content (AvgIpc) is 2.14.